The summed E-state index contributed by atoms with van der Waals surface area (Å²) in [6, 6.07) is 0. The summed E-state index contributed by atoms with van der Waals surface area (Å²) < 4.78 is 31.7. The van der Waals surface area contributed by atoms with E-state index in [0.717, 1.165) is 5.57 Å². The van der Waals surface area contributed by atoms with Gasteiger partial charge in [0.15, 0.2) is 4.91 Å². The van der Waals surface area contributed by atoms with Gasteiger partial charge in [0.05, 0.1) is 12.8 Å². The Morgan fingerprint density at radius 3 is 2.25 bits per heavy atom. The molecule has 0 fully saturated rings. The number of allylic oxidation sites excluding steroid dienone is 8. The second-order valence-corrected chi connectivity index (χ2v) is 5.57. The molecule has 0 aromatic heterocycles. The first-order chi connectivity index (χ1) is 9.45. The third kappa shape index (κ3) is 2.79. The van der Waals surface area contributed by atoms with Crippen LogP contribution in [0, 0.1) is 0 Å². The van der Waals surface area contributed by atoms with Gasteiger partial charge in [0, 0.05) is 6.08 Å². The summed E-state index contributed by atoms with van der Waals surface area (Å²) in [6.45, 7) is 0. The maximum atomic E-state index is 11.3. The number of nitrogens with zero attached hydrogens (tertiary/aromatic N) is 4. The first-order valence-electron chi connectivity index (χ1n) is 5.66. The Kier molecular flexibility index (Phi) is 3.74. The standard InChI is InChI=1S/C12H10N4O3S/c13-15-10-4-1-8(2-5-10)9-3-6-11(16-14)12(7-9)20(17,18)19/h1-4,7H,5-6H2,(H,17,18,19). The second kappa shape index (κ2) is 5.32. The van der Waals surface area contributed by atoms with Crippen molar-refractivity contribution < 1.29 is 22.6 Å². The fourth-order valence-corrected chi connectivity index (χ4v) is 2.63. The molecular formula is C12H10N4O3S. The van der Waals surface area contributed by atoms with E-state index in [1.807, 2.05) is 0 Å². The molecule has 2 aliphatic carbocycles. The smallest absolute Gasteiger partial charge is 0.316 e. The van der Waals surface area contributed by atoms with Gasteiger partial charge in [0.25, 0.3) is 5.71 Å². The lowest BCUT2D eigenvalue weighted by Crippen LogP contribution is -2.17. The fourth-order valence-electron chi connectivity index (χ4n) is 1.93. The maximum absolute atomic E-state index is 11.3. The topological polar surface area (TPSA) is 127 Å². The van der Waals surface area contributed by atoms with Crippen LogP contribution in [0.2, 0.25) is 0 Å². The minimum Gasteiger partial charge on any atom is -0.361 e. The molecule has 8 heteroatoms. The van der Waals surface area contributed by atoms with Crippen molar-refractivity contribution in [1.29, 1.82) is 0 Å². The first kappa shape index (κ1) is 14.0. The van der Waals surface area contributed by atoms with Gasteiger partial charge >= 0.3 is 15.8 Å². The summed E-state index contributed by atoms with van der Waals surface area (Å²) >= 11 is 0. The minimum absolute atomic E-state index is 0.0869. The van der Waals surface area contributed by atoms with Gasteiger partial charge in [-0.05, 0) is 23.3 Å². The summed E-state index contributed by atoms with van der Waals surface area (Å²) in [5.74, 6) is 0. The van der Waals surface area contributed by atoms with Crippen LogP contribution in [-0.2, 0) is 10.1 Å². The number of hydrogen-bond acceptors (Lipinski definition) is 2. The molecule has 0 saturated heterocycles. The van der Waals surface area contributed by atoms with Crippen LogP contribution in [0.3, 0.4) is 0 Å². The largest absolute Gasteiger partial charge is 0.361 e. The molecule has 0 heterocycles. The molecule has 2 rings (SSSR count). The molecule has 0 spiro atoms. The number of rotatable bonds is 2. The highest BCUT2D eigenvalue weighted by molar-refractivity contribution is 7.90. The fraction of sp³-hybridized carbons (Fsp3) is 0.167. The van der Waals surface area contributed by atoms with Crippen LogP contribution in [0.1, 0.15) is 12.8 Å². The van der Waals surface area contributed by atoms with E-state index in [4.69, 9.17) is 15.6 Å². The van der Waals surface area contributed by atoms with Gasteiger partial charge in [-0.15, -0.1) is 0 Å². The van der Waals surface area contributed by atoms with E-state index >= 15 is 0 Å². The van der Waals surface area contributed by atoms with Crippen LogP contribution in [-0.4, -0.2) is 34.0 Å². The molecule has 102 valence electrons. The third-order valence-corrected chi connectivity index (χ3v) is 3.84. The summed E-state index contributed by atoms with van der Waals surface area (Å²) in [5.41, 5.74) is 19.1. The predicted molar refractivity (Wildman–Crippen MR) is 71.4 cm³/mol. The van der Waals surface area contributed by atoms with Crippen molar-refractivity contribution in [3.05, 3.63) is 57.5 Å². The highest BCUT2D eigenvalue weighted by Gasteiger charge is 2.30. The lowest BCUT2D eigenvalue weighted by molar-refractivity contribution is -0.00624. The predicted octanol–water partition coefficient (Wildman–Crippen LogP) is 1.32. The summed E-state index contributed by atoms with van der Waals surface area (Å²) in [4.78, 5) is 5.52. The van der Waals surface area contributed by atoms with Crippen LogP contribution in [0.5, 0.6) is 0 Å². The van der Waals surface area contributed by atoms with Crippen LogP contribution in [0.4, 0.5) is 0 Å². The molecule has 0 bridgehead atoms. The molecule has 0 aliphatic heterocycles. The second-order valence-electron chi connectivity index (χ2n) is 4.18. The molecule has 0 atom stereocenters. The molecule has 0 saturated carbocycles. The van der Waals surface area contributed by atoms with Crippen LogP contribution in [0.15, 0.2) is 46.4 Å². The van der Waals surface area contributed by atoms with Crippen molar-refractivity contribution in [3.8, 4) is 0 Å². The van der Waals surface area contributed by atoms with Crippen LogP contribution < -0.4 is 0 Å². The summed E-state index contributed by atoms with van der Waals surface area (Å²) in [6.07, 6.45) is 8.46. The van der Waals surface area contributed by atoms with Crippen molar-refractivity contribution in [2.75, 3.05) is 0 Å². The molecular weight excluding hydrogens is 280 g/mol. The lowest BCUT2D eigenvalue weighted by Gasteiger charge is -2.11. The molecule has 0 aromatic carbocycles. The zero-order chi connectivity index (χ0) is 14.8. The highest BCUT2D eigenvalue weighted by atomic mass is 32.2. The third-order valence-electron chi connectivity index (χ3n) is 2.93. The molecule has 0 amide bonds. The van der Waals surface area contributed by atoms with Crippen LogP contribution >= 0.6 is 0 Å². The Morgan fingerprint density at radius 1 is 1.05 bits per heavy atom. The van der Waals surface area contributed by atoms with Crippen molar-refractivity contribution >= 4 is 21.5 Å². The molecule has 0 unspecified atom stereocenters. The van der Waals surface area contributed by atoms with Crippen molar-refractivity contribution in [3.63, 3.8) is 0 Å². The van der Waals surface area contributed by atoms with Gasteiger partial charge in [-0.2, -0.15) is 18.0 Å². The molecule has 20 heavy (non-hydrogen) atoms. The molecule has 0 aromatic rings. The van der Waals surface area contributed by atoms with Gasteiger partial charge in [-0.3, -0.25) is 4.55 Å². The van der Waals surface area contributed by atoms with Gasteiger partial charge < -0.3 is 11.1 Å². The zero-order valence-electron chi connectivity index (χ0n) is 10.3. The molecule has 0 radical (unpaired) electrons. The van der Waals surface area contributed by atoms with E-state index < -0.39 is 15.0 Å². The molecule has 2 aliphatic rings. The maximum Gasteiger partial charge on any atom is 0.316 e. The lowest BCUT2D eigenvalue weighted by atomic mass is 9.94. The SMILES string of the molecule is [N-]=[N+]=C1C=CC(C2=CCC(=[N+]=[N-])C(S(=O)(=O)O)=C2)=CC1. The van der Waals surface area contributed by atoms with Crippen LogP contribution in [0.25, 0.3) is 11.1 Å². The van der Waals surface area contributed by atoms with Gasteiger partial charge in [-0.1, -0.05) is 12.2 Å². The van der Waals surface area contributed by atoms with E-state index in [1.165, 1.54) is 6.08 Å². The van der Waals surface area contributed by atoms with Crippen molar-refractivity contribution in [2.45, 2.75) is 12.8 Å². The molecule has 7 nitrogen and oxygen atoms in total. The van der Waals surface area contributed by atoms with E-state index in [1.54, 1.807) is 24.3 Å². The Hall–Kier alpha value is -2.37. The Labute approximate surface area is 115 Å². The average Bonchev–Trinajstić information content (AvgIpc) is 2.46. The van der Waals surface area contributed by atoms with Crippen molar-refractivity contribution in [2.24, 2.45) is 0 Å². The monoisotopic (exact) mass is 290 g/mol. The van der Waals surface area contributed by atoms with E-state index in [0.29, 0.717) is 17.7 Å². The Morgan fingerprint density at radius 2 is 1.75 bits per heavy atom. The van der Waals surface area contributed by atoms with E-state index in [2.05, 4.69) is 9.58 Å². The Bertz CT molecular complexity index is 787. The normalized spacial score (nSPS) is 18.8. The van der Waals surface area contributed by atoms with Crippen molar-refractivity contribution in [1.82, 2.24) is 0 Å². The molecule has 1 N–H and O–H groups in total. The van der Waals surface area contributed by atoms with Gasteiger partial charge in [0.2, 0.25) is 0 Å². The quantitative estimate of drug-likeness (QED) is 0.468. The summed E-state index contributed by atoms with van der Waals surface area (Å²) in [5, 5.41) is 0. The first-order valence-corrected chi connectivity index (χ1v) is 7.10. The van der Waals surface area contributed by atoms with E-state index in [9.17, 15) is 8.42 Å². The Balaban J connectivity index is 2.42. The average molecular weight is 290 g/mol. The summed E-state index contributed by atoms with van der Waals surface area (Å²) in [7, 11) is -4.46. The van der Waals surface area contributed by atoms with E-state index in [-0.39, 0.29) is 12.1 Å². The minimum atomic E-state index is -4.46. The van der Waals surface area contributed by atoms with Gasteiger partial charge in [-0.25, -0.2) is 0 Å². The highest BCUT2D eigenvalue weighted by Crippen LogP contribution is 2.26. The van der Waals surface area contributed by atoms with Gasteiger partial charge in [0.1, 0.15) is 0 Å². The zero-order valence-corrected chi connectivity index (χ0v) is 11.1. The number of hydrogen-bond donors (Lipinski definition) is 1.